The van der Waals surface area contributed by atoms with Crippen LogP contribution in [0.25, 0.3) is 11.1 Å². The van der Waals surface area contributed by atoms with E-state index in [1.807, 2.05) is 41.3 Å². The van der Waals surface area contributed by atoms with E-state index in [9.17, 15) is 0 Å². The van der Waals surface area contributed by atoms with Crippen LogP contribution in [0.15, 0.2) is 61.1 Å². The molecule has 4 heteroatoms. The number of aromatic nitrogens is 3. The highest BCUT2D eigenvalue weighted by atomic mass is 15.3. The van der Waals surface area contributed by atoms with Crippen molar-refractivity contribution in [2.45, 2.75) is 6.54 Å². The second-order valence-electron chi connectivity index (χ2n) is 4.38. The molecule has 0 amide bonds. The third kappa shape index (κ3) is 2.63. The zero-order valence-electron chi connectivity index (χ0n) is 10.4. The lowest BCUT2D eigenvalue weighted by molar-refractivity contribution is 0.685. The first-order valence-electron chi connectivity index (χ1n) is 6.09. The Kier molecular flexibility index (Phi) is 2.98. The molecule has 0 saturated heterocycles. The summed E-state index contributed by atoms with van der Waals surface area (Å²) >= 11 is 0. The molecular formula is C15H14N4. The topological polar surface area (TPSA) is 56.7 Å². The van der Waals surface area contributed by atoms with Crippen LogP contribution >= 0.6 is 0 Å². The number of benzene rings is 1. The van der Waals surface area contributed by atoms with E-state index in [2.05, 4.69) is 22.2 Å². The zero-order chi connectivity index (χ0) is 13.1. The van der Waals surface area contributed by atoms with Crippen LogP contribution in [0.2, 0.25) is 0 Å². The highest BCUT2D eigenvalue weighted by molar-refractivity contribution is 5.61. The maximum absolute atomic E-state index is 5.57. The number of rotatable bonds is 3. The minimum atomic E-state index is 0.536. The monoisotopic (exact) mass is 250 g/mol. The Morgan fingerprint density at radius 2 is 1.79 bits per heavy atom. The maximum atomic E-state index is 5.57. The van der Waals surface area contributed by atoms with Crippen LogP contribution < -0.4 is 5.73 Å². The Hall–Kier alpha value is -2.62. The van der Waals surface area contributed by atoms with Crippen molar-refractivity contribution in [2.75, 3.05) is 5.73 Å². The molecule has 3 aromatic rings. The van der Waals surface area contributed by atoms with Gasteiger partial charge in [0.05, 0.1) is 12.7 Å². The summed E-state index contributed by atoms with van der Waals surface area (Å²) in [5, 5.41) is 4.37. The minimum absolute atomic E-state index is 0.536. The van der Waals surface area contributed by atoms with Crippen LogP contribution in [-0.4, -0.2) is 14.8 Å². The smallest absolute Gasteiger partial charge is 0.123 e. The molecule has 1 aromatic carbocycles. The van der Waals surface area contributed by atoms with Gasteiger partial charge in [0.2, 0.25) is 0 Å². The quantitative estimate of drug-likeness (QED) is 0.777. The molecule has 4 nitrogen and oxygen atoms in total. The van der Waals surface area contributed by atoms with Gasteiger partial charge in [-0.1, -0.05) is 36.4 Å². The molecule has 3 rings (SSSR count). The van der Waals surface area contributed by atoms with Gasteiger partial charge in [-0.3, -0.25) is 4.68 Å². The van der Waals surface area contributed by atoms with Crippen molar-refractivity contribution >= 4 is 5.82 Å². The third-order valence-electron chi connectivity index (χ3n) is 2.93. The Morgan fingerprint density at radius 3 is 2.53 bits per heavy atom. The summed E-state index contributed by atoms with van der Waals surface area (Å²) < 4.78 is 1.90. The summed E-state index contributed by atoms with van der Waals surface area (Å²) in [4.78, 5) is 4.08. The Bertz CT molecular complexity index is 656. The highest BCUT2D eigenvalue weighted by Gasteiger charge is 2.02. The highest BCUT2D eigenvalue weighted by Crippen LogP contribution is 2.18. The fourth-order valence-electron chi connectivity index (χ4n) is 1.95. The summed E-state index contributed by atoms with van der Waals surface area (Å²) in [5.74, 6) is 0.536. The van der Waals surface area contributed by atoms with Crippen LogP contribution in [0.5, 0.6) is 0 Å². The lowest BCUT2D eigenvalue weighted by Crippen LogP contribution is -2.01. The number of nitrogens with zero attached hydrogens (tertiary/aromatic N) is 3. The second kappa shape index (κ2) is 4.94. The van der Waals surface area contributed by atoms with Crippen molar-refractivity contribution in [3.8, 4) is 11.1 Å². The van der Waals surface area contributed by atoms with Crippen LogP contribution in [-0.2, 0) is 6.54 Å². The molecule has 0 unspecified atom stereocenters. The normalized spacial score (nSPS) is 10.5. The first-order valence-corrected chi connectivity index (χ1v) is 6.09. The summed E-state index contributed by atoms with van der Waals surface area (Å²) in [6.45, 7) is 0.695. The predicted molar refractivity (Wildman–Crippen MR) is 75.4 cm³/mol. The maximum Gasteiger partial charge on any atom is 0.123 e. The first-order chi connectivity index (χ1) is 9.31. The van der Waals surface area contributed by atoms with E-state index in [4.69, 9.17) is 5.73 Å². The molecule has 19 heavy (non-hydrogen) atoms. The summed E-state index contributed by atoms with van der Waals surface area (Å²) in [6.07, 6.45) is 5.69. The van der Waals surface area contributed by atoms with E-state index in [1.54, 1.807) is 12.3 Å². The average Bonchev–Trinajstić information content (AvgIpc) is 2.91. The lowest BCUT2D eigenvalue weighted by Gasteiger charge is -2.01. The van der Waals surface area contributed by atoms with E-state index in [0.717, 1.165) is 11.1 Å². The van der Waals surface area contributed by atoms with Crippen LogP contribution in [0, 0.1) is 0 Å². The van der Waals surface area contributed by atoms with Crippen LogP contribution in [0.4, 0.5) is 5.82 Å². The van der Waals surface area contributed by atoms with Crippen LogP contribution in [0.1, 0.15) is 5.56 Å². The number of nitrogens with two attached hydrogens (primary N) is 1. The molecule has 2 heterocycles. The Morgan fingerprint density at radius 1 is 0.947 bits per heavy atom. The molecule has 0 radical (unpaired) electrons. The SMILES string of the molecule is Nc1ccc(Cn2cc(-c3ccccc3)cn2)cn1. The van der Waals surface area contributed by atoms with E-state index in [-0.39, 0.29) is 0 Å². The van der Waals surface area contributed by atoms with Gasteiger partial charge in [-0.25, -0.2) is 4.98 Å². The predicted octanol–water partition coefficient (Wildman–Crippen LogP) is 2.58. The van der Waals surface area contributed by atoms with Crippen molar-refractivity contribution in [1.82, 2.24) is 14.8 Å². The molecule has 0 aliphatic heterocycles. The fourth-order valence-corrected chi connectivity index (χ4v) is 1.95. The van der Waals surface area contributed by atoms with Gasteiger partial charge in [0, 0.05) is 18.0 Å². The van der Waals surface area contributed by atoms with Crippen LogP contribution in [0.3, 0.4) is 0 Å². The van der Waals surface area contributed by atoms with E-state index < -0.39 is 0 Å². The average molecular weight is 250 g/mol. The molecule has 2 aromatic heterocycles. The van der Waals surface area contributed by atoms with Crippen molar-refractivity contribution in [3.63, 3.8) is 0 Å². The molecule has 0 spiro atoms. The van der Waals surface area contributed by atoms with E-state index >= 15 is 0 Å². The van der Waals surface area contributed by atoms with Crippen molar-refractivity contribution in [1.29, 1.82) is 0 Å². The van der Waals surface area contributed by atoms with Crippen molar-refractivity contribution in [2.24, 2.45) is 0 Å². The lowest BCUT2D eigenvalue weighted by atomic mass is 10.1. The van der Waals surface area contributed by atoms with Gasteiger partial charge in [-0.15, -0.1) is 0 Å². The molecule has 0 aliphatic carbocycles. The number of hydrogen-bond donors (Lipinski definition) is 1. The first kappa shape index (κ1) is 11.5. The van der Waals surface area contributed by atoms with Gasteiger partial charge in [0.25, 0.3) is 0 Å². The van der Waals surface area contributed by atoms with E-state index in [0.29, 0.717) is 12.4 Å². The Labute approximate surface area is 111 Å². The van der Waals surface area contributed by atoms with Gasteiger partial charge in [-0.05, 0) is 17.2 Å². The largest absolute Gasteiger partial charge is 0.384 e. The minimum Gasteiger partial charge on any atom is -0.384 e. The molecule has 0 bridgehead atoms. The second-order valence-corrected chi connectivity index (χ2v) is 4.38. The molecule has 0 saturated carbocycles. The number of nitrogen functional groups attached to an aromatic ring is 1. The molecule has 94 valence electrons. The van der Waals surface area contributed by atoms with Crippen molar-refractivity contribution < 1.29 is 0 Å². The number of anilines is 1. The molecule has 0 fully saturated rings. The molecule has 0 atom stereocenters. The summed E-state index contributed by atoms with van der Waals surface area (Å²) in [5.41, 5.74) is 8.93. The number of hydrogen-bond acceptors (Lipinski definition) is 3. The van der Waals surface area contributed by atoms with Gasteiger partial charge in [0.1, 0.15) is 5.82 Å². The van der Waals surface area contributed by atoms with Gasteiger partial charge < -0.3 is 5.73 Å². The zero-order valence-corrected chi connectivity index (χ0v) is 10.4. The molecule has 0 aliphatic rings. The number of pyridine rings is 1. The standard InChI is InChI=1S/C15H14N4/c16-15-7-6-12(8-17-15)10-19-11-14(9-18-19)13-4-2-1-3-5-13/h1-9,11H,10H2,(H2,16,17). The summed E-state index contributed by atoms with van der Waals surface area (Å²) in [6, 6.07) is 14.0. The summed E-state index contributed by atoms with van der Waals surface area (Å²) in [7, 11) is 0. The molecular weight excluding hydrogens is 236 g/mol. The third-order valence-corrected chi connectivity index (χ3v) is 2.93. The Balaban J connectivity index is 1.80. The van der Waals surface area contributed by atoms with Crippen molar-refractivity contribution in [3.05, 3.63) is 66.6 Å². The molecule has 2 N–H and O–H groups in total. The van der Waals surface area contributed by atoms with Gasteiger partial charge >= 0.3 is 0 Å². The fraction of sp³-hybridized carbons (Fsp3) is 0.0667. The van der Waals surface area contributed by atoms with Gasteiger partial charge in [-0.2, -0.15) is 5.10 Å². The van der Waals surface area contributed by atoms with E-state index in [1.165, 1.54) is 5.56 Å². The van der Waals surface area contributed by atoms with Gasteiger partial charge in [0.15, 0.2) is 0 Å².